The van der Waals surface area contributed by atoms with Crippen LogP contribution in [0, 0.1) is 5.92 Å². The number of nitrogens with one attached hydrogen (secondary N) is 2. The molecule has 0 atom stereocenters. The first-order chi connectivity index (χ1) is 15.4. The van der Waals surface area contributed by atoms with Gasteiger partial charge in [-0.1, -0.05) is 6.07 Å². The molecule has 178 valence electrons. The Labute approximate surface area is 187 Å². The van der Waals surface area contributed by atoms with Crippen molar-refractivity contribution in [3.8, 4) is 5.75 Å². The summed E-state index contributed by atoms with van der Waals surface area (Å²) in [5.41, 5.74) is 5.99. The number of hydrogen-bond donors (Lipinski definition) is 3. The van der Waals surface area contributed by atoms with Gasteiger partial charge in [-0.25, -0.2) is 13.2 Å². The predicted octanol–water partition coefficient (Wildman–Crippen LogP) is 3.12. The van der Waals surface area contributed by atoms with Gasteiger partial charge in [0.1, 0.15) is 5.75 Å². The van der Waals surface area contributed by atoms with Crippen LogP contribution in [0.5, 0.6) is 5.75 Å². The normalized spacial score (nSPS) is 15.6. The quantitative estimate of drug-likeness (QED) is 0.578. The van der Waals surface area contributed by atoms with Crippen molar-refractivity contribution in [3.05, 3.63) is 48.5 Å². The first-order valence-corrected chi connectivity index (χ1v) is 11.2. The fourth-order valence-corrected chi connectivity index (χ4v) is 4.87. The fourth-order valence-electron chi connectivity index (χ4n) is 3.36. The van der Waals surface area contributed by atoms with Crippen molar-refractivity contribution < 1.29 is 35.9 Å². The number of rotatable bonds is 6. The van der Waals surface area contributed by atoms with Gasteiger partial charge in [0, 0.05) is 36.4 Å². The Balaban J connectivity index is 1.59. The number of sulfonamides is 1. The Kier molecular flexibility index (Phi) is 7.12. The van der Waals surface area contributed by atoms with Crippen molar-refractivity contribution in [3.63, 3.8) is 0 Å². The van der Waals surface area contributed by atoms with Crippen LogP contribution in [0.4, 0.5) is 29.3 Å². The van der Waals surface area contributed by atoms with Crippen molar-refractivity contribution in [2.75, 3.05) is 23.7 Å². The van der Waals surface area contributed by atoms with E-state index in [1.807, 2.05) is 0 Å². The summed E-state index contributed by atoms with van der Waals surface area (Å²) >= 11 is 0. The molecule has 3 rings (SSSR count). The lowest BCUT2D eigenvalue weighted by Gasteiger charge is -2.30. The second kappa shape index (κ2) is 9.67. The van der Waals surface area contributed by atoms with E-state index >= 15 is 0 Å². The zero-order valence-corrected chi connectivity index (χ0v) is 17.9. The molecule has 3 amide bonds. The van der Waals surface area contributed by atoms with Gasteiger partial charge in [-0.05, 0) is 49.2 Å². The monoisotopic (exact) mass is 486 g/mol. The van der Waals surface area contributed by atoms with E-state index < -0.39 is 34.1 Å². The van der Waals surface area contributed by atoms with Gasteiger partial charge in [0.25, 0.3) is 0 Å². The molecule has 9 nitrogen and oxygen atoms in total. The summed E-state index contributed by atoms with van der Waals surface area (Å²) in [4.78, 5) is 23.1. The summed E-state index contributed by atoms with van der Waals surface area (Å²) in [6, 6.07) is 9.76. The highest BCUT2D eigenvalue weighted by atomic mass is 32.2. The van der Waals surface area contributed by atoms with Gasteiger partial charge in [0.05, 0.1) is 4.90 Å². The van der Waals surface area contributed by atoms with Crippen LogP contribution >= 0.6 is 0 Å². The maximum absolute atomic E-state index is 12.8. The molecule has 0 radical (unpaired) electrons. The smallest absolute Gasteiger partial charge is 0.406 e. The largest absolute Gasteiger partial charge is 0.573 e. The third-order valence-electron chi connectivity index (χ3n) is 4.92. The Hall–Kier alpha value is -3.32. The fraction of sp³-hybridized carbons (Fsp3) is 0.300. The number of anilines is 2. The number of hydrogen-bond acceptors (Lipinski definition) is 5. The Morgan fingerprint density at radius 2 is 1.58 bits per heavy atom. The van der Waals surface area contributed by atoms with Crippen molar-refractivity contribution in [2.24, 2.45) is 11.7 Å². The van der Waals surface area contributed by atoms with Gasteiger partial charge in [-0.3, -0.25) is 4.79 Å². The van der Waals surface area contributed by atoms with E-state index in [0.717, 1.165) is 16.4 Å². The molecular weight excluding hydrogens is 465 g/mol. The molecule has 13 heteroatoms. The molecule has 0 saturated carbocycles. The third-order valence-corrected chi connectivity index (χ3v) is 6.82. The number of alkyl halides is 3. The van der Waals surface area contributed by atoms with E-state index in [1.165, 1.54) is 12.1 Å². The second-order valence-corrected chi connectivity index (χ2v) is 9.19. The first kappa shape index (κ1) is 24.3. The molecule has 0 bridgehead atoms. The van der Waals surface area contributed by atoms with E-state index in [4.69, 9.17) is 5.73 Å². The maximum atomic E-state index is 12.8. The third kappa shape index (κ3) is 6.58. The second-order valence-electron chi connectivity index (χ2n) is 7.26. The molecule has 0 unspecified atom stereocenters. The number of halogens is 3. The molecule has 0 aromatic heterocycles. The van der Waals surface area contributed by atoms with Crippen LogP contribution in [-0.2, 0) is 14.8 Å². The average molecular weight is 486 g/mol. The highest BCUT2D eigenvalue weighted by molar-refractivity contribution is 7.89. The summed E-state index contributed by atoms with van der Waals surface area (Å²) < 4.78 is 67.9. The van der Waals surface area contributed by atoms with Crippen molar-refractivity contribution in [1.29, 1.82) is 0 Å². The molecule has 0 aliphatic carbocycles. The Bertz CT molecular complexity index is 1120. The van der Waals surface area contributed by atoms with Crippen LogP contribution in [0.25, 0.3) is 0 Å². The van der Waals surface area contributed by atoms with Gasteiger partial charge in [0.15, 0.2) is 0 Å². The number of amides is 3. The number of nitrogens with two attached hydrogens (primary N) is 1. The van der Waals surface area contributed by atoms with Gasteiger partial charge >= 0.3 is 12.4 Å². The van der Waals surface area contributed by atoms with E-state index in [1.54, 1.807) is 24.3 Å². The molecule has 1 fully saturated rings. The average Bonchev–Trinajstić information content (AvgIpc) is 2.74. The summed E-state index contributed by atoms with van der Waals surface area (Å²) in [6.07, 6.45) is -4.46. The van der Waals surface area contributed by atoms with Gasteiger partial charge in [0.2, 0.25) is 15.9 Å². The highest BCUT2D eigenvalue weighted by Crippen LogP contribution is 2.29. The number of primary amides is 1. The Morgan fingerprint density at radius 3 is 2.12 bits per heavy atom. The number of urea groups is 1. The summed E-state index contributed by atoms with van der Waals surface area (Å²) in [5, 5.41) is 5.13. The lowest BCUT2D eigenvalue weighted by Crippen LogP contribution is -2.41. The molecule has 33 heavy (non-hydrogen) atoms. The molecular formula is C20H21F3N4O5S. The summed E-state index contributed by atoms with van der Waals surface area (Å²) in [7, 11) is -4.05. The molecule has 4 N–H and O–H groups in total. The number of ether oxygens (including phenoxy) is 1. The maximum Gasteiger partial charge on any atom is 0.573 e. The zero-order chi connectivity index (χ0) is 24.2. The standard InChI is InChI=1S/C20H21F3N4O5S/c21-20(22,23)32-16-2-1-3-17(12-16)33(30,31)27-10-8-13(9-11-27)18(28)25-14-4-6-15(7-5-14)26-19(24)29/h1-7,12-13H,8-11H2,(H,25,28)(H3,24,26,29). The molecule has 1 heterocycles. The topological polar surface area (TPSA) is 131 Å². The lowest BCUT2D eigenvalue weighted by atomic mass is 9.97. The molecule has 1 aliphatic rings. The molecule has 2 aromatic carbocycles. The lowest BCUT2D eigenvalue weighted by molar-refractivity contribution is -0.274. The van der Waals surface area contributed by atoms with Crippen molar-refractivity contribution >= 4 is 33.3 Å². The van der Waals surface area contributed by atoms with Crippen molar-refractivity contribution in [1.82, 2.24) is 4.31 Å². The number of carbonyl (C=O) groups is 2. The van der Waals surface area contributed by atoms with E-state index in [0.29, 0.717) is 11.4 Å². The SMILES string of the molecule is NC(=O)Nc1ccc(NC(=O)C2CCN(S(=O)(=O)c3cccc(OC(F)(F)F)c3)CC2)cc1. The number of nitrogens with zero attached hydrogens (tertiary/aromatic N) is 1. The predicted molar refractivity (Wildman–Crippen MR) is 113 cm³/mol. The van der Waals surface area contributed by atoms with Gasteiger partial charge in [-0.2, -0.15) is 4.31 Å². The van der Waals surface area contributed by atoms with E-state index in [2.05, 4.69) is 15.4 Å². The molecule has 1 saturated heterocycles. The first-order valence-electron chi connectivity index (χ1n) is 9.77. The molecule has 0 spiro atoms. The zero-order valence-electron chi connectivity index (χ0n) is 17.1. The van der Waals surface area contributed by atoms with Crippen LogP contribution < -0.4 is 21.1 Å². The molecule has 2 aromatic rings. The van der Waals surface area contributed by atoms with Crippen LogP contribution in [0.3, 0.4) is 0 Å². The summed E-state index contributed by atoms with van der Waals surface area (Å²) in [5.74, 6) is -1.36. The minimum Gasteiger partial charge on any atom is -0.406 e. The van der Waals surface area contributed by atoms with Gasteiger partial charge in [-0.15, -0.1) is 13.2 Å². The van der Waals surface area contributed by atoms with E-state index in [-0.39, 0.29) is 36.7 Å². The van der Waals surface area contributed by atoms with Crippen LogP contribution in [0.1, 0.15) is 12.8 Å². The van der Waals surface area contributed by atoms with Gasteiger partial charge < -0.3 is 21.1 Å². The minimum absolute atomic E-state index is 0.0340. The van der Waals surface area contributed by atoms with Crippen LogP contribution in [0.2, 0.25) is 0 Å². The Morgan fingerprint density at radius 1 is 1.00 bits per heavy atom. The van der Waals surface area contributed by atoms with Crippen molar-refractivity contribution in [2.45, 2.75) is 24.1 Å². The number of carbonyl (C=O) groups excluding carboxylic acids is 2. The number of piperidine rings is 1. The van der Waals surface area contributed by atoms with E-state index in [9.17, 15) is 31.2 Å². The van der Waals surface area contributed by atoms with Crippen LogP contribution in [0.15, 0.2) is 53.4 Å². The summed E-state index contributed by atoms with van der Waals surface area (Å²) in [6.45, 7) is 0.0679. The molecule has 1 aliphatic heterocycles. The highest BCUT2D eigenvalue weighted by Gasteiger charge is 2.34. The number of benzene rings is 2. The van der Waals surface area contributed by atoms with Crippen LogP contribution in [-0.4, -0.2) is 44.1 Å². The minimum atomic E-state index is -4.94.